The number of ether oxygens (including phenoxy) is 1. The van der Waals surface area contributed by atoms with E-state index in [1.807, 2.05) is 24.3 Å². The van der Waals surface area contributed by atoms with Gasteiger partial charge in [-0.15, -0.1) is 0 Å². The first-order valence-corrected chi connectivity index (χ1v) is 10.6. The van der Waals surface area contributed by atoms with Gasteiger partial charge in [-0.25, -0.2) is 0 Å². The van der Waals surface area contributed by atoms with Crippen LogP contribution < -0.4 is 15.0 Å². The van der Waals surface area contributed by atoms with Crippen LogP contribution in [-0.4, -0.2) is 23.3 Å². The van der Waals surface area contributed by atoms with Gasteiger partial charge in [0.15, 0.2) is 0 Å². The highest BCUT2D eigenvalue weighted by molar-refractivity contribution is 9.10. The summed E-state index contributed by atoms with van der Waals surface area (Å²) in [7, 11) is 0. The molecule has 1 saturated heterocycles. The molecule has 1 aliphatic heterocycles. The van der Waals surface area contributed by atoms with E-state index < -0.39 is 10.8 Å². The van der Waals surface area contributed by atoms with Crippen LogP contribution in [0, 0.1) is 16.0 Å². The molecule has 1 N–H and O–H groups in total. The predicted molar refractivity (Wildman–Crippen MR) is 123 cm³/mol. The Bertz CT molecular complexity index is 1150. The maximum absolute atomic E-state index is 12.7. The first kappa shape index (κ1) is 21.5. The maximum Gasteiger partial charge on any atom is 0.269 e. The summed E-state index contributed by atoms with van der Waals surface area (Å²) >= 11 is 3.38. The van der Waals surface area contributed by atoms with E-state index in [1.165, 1.54) is 29.2 Å². The molecule has 8 nitrogen and oxygen atoms in total. The quantitative estimate of drug-likeness (QED) is 0.376. The lowest BCUT2D eigenvalue weighted by Gasteiger charge is -2.16. The largest absolute Gasteiger partial charge is 0.457 e. The van der Waals surface area contributed by atoms with E-state index in [4.69, 9.17) is 4.74 Å². The maximum atomic E-state index is 12.7. The third-order valence-corrected chi connectivity index (χ3v) is 5.57. The van der Waals surface area contributed by atoms with Gasteiger partial charge in [0.1, 0.15) is 11.5 Å². The summed E-state index contributed by atoms with van der Waals surface area (Å²) < 4.78 is 6.73. The number of hydrogen-bond acceptors (Lipinski definition) is 5. The van der Waals surface area contributed by atoms with E-state index in [-0.39, 0.29) is 30.5 Å². The van der Waals surface area contributed by atoms with Gasteiger partial charge in [0.25, 0.3) is 5.69 Å². The third kappa shape index (κ3) is 4.94. The smallest absolute Gasteiger partial charge is 0.269 e. The minimum atomic E-state index is -0.517. The number of nitro benzene ring substituents is 1. The van der Waals surface area contributed by atoms with Gasteiger partial charge in [-0.3, -0.25) is 19.7 Å². The molecule has 0 unspecified atom stereocenters. The van der Waals surface area contributed by atoms with E-state index in [0.29, 0.717) is 22.9 Å². The van der Waals surface area contributed by atoms with Crippen LogP contribution >= 0.6 is 15.9 Å². The lowest BCUT2D eigenvalue weighted by Crippen LogP contribution is -2.28. The fraction of sp³-hybridized carbons (Fsp3) is 0.130. The van der Waals surface area contributed by atoms with Gasteiger partial charge in [-0.2, -0.15) is 0 Å². The number of nitro groups is 1. The Morgan fingerprint density at radius 3 is 2.19 bits per heavy atom. The van der Waals surface area contributed by atoms with Gasteiger partial charge in [-0.1, -0.05) is 15.9 Å². The highest BCUT2D eigenvalue weighted by Gasteiger charge is 2.35. The fourth-order valence-electron chi connectivity index (χ4n) is 3.38. The van der Waals surface area contributed by atoms with Crippen LogP contribution in [0.25, 0.3) is 0 Å². The van der Waals surface area contributed by atoms with Gasteiger partial charge in [0.2, 0.25) is 11.8 Å². The zero-order chi connectivity index (χ0) is 22.7. The summed E-state index contributed by atoms with van der Waals surface area (Å²) in [5.74, 6) is 0.351. The zero-order valence-electron chi connectivity index (χ0n) is 16.7. The van der Waals surface area contributed by atoms with Crippen molar-refractivity contribution in [1.29, 1.82) is 0 Å². The molecule has 1 atom stereocenters. The Balaban J connectivity index is 1.36. The minimum absolute atomic E-state index is 0.0535. The van der Waals surface area contributed by atoms with E-state index >= 15 is 0 Å². The van der Waals surface area contributed by atoms with Crippen molar-refractivity contribution in [2.75, 3.05) is 16.8 Å². The Kier molecular flexibility index (Phi) is 6.18. The topological polar surface area (TPSA) is 102 Å². The summed E-state index contributed by atoms with van der Waals surface area (Å²) in [4.78, 5) is 36.8. The molecule has 9 heteroatoms. The van der Waals surface area contributed by atoms with E-state index in [0.717, 1.165) is 4.47 Å². The van der Waals surface area contributed by atoms with Gasteiger partial charge in [0.05, 0.1) is 10.8 Å². The monoisotopic (exact) mass is 495 g/mol. The van der Waals surface area contributed by atoms with Crippen LogP contribution in [-0.2, 0) is 9.59 Å². The molecule has 0 spiro atoms. The molecule has 32 heavy (non-hydrogen) atoms. The standard InChI is InChI=1S/C23H18BrN3O5/c24-16-1-9-20(10-2-16)32-21-11-3-17(4-12-21)25-23(29)15-13-22(28)26(14-15)18-5-7-19(8-6-18)27(30)31/h1-12,15H,13-14H2,(H,25,29)/t15-/m0/s1. The number of carbonyl (C=O) groups excluding carboxylic acids is 2. The fourth-order valence-corrected chi connectivity index (χ4v) is 3.64. The predicted octanol–water partition coefficient (Wildman–Crippen LogP) is 5.14. The zero-order valence-corrected chi connectivity index (χ0v) is 18.3. The third-order valence-electron chi connectivity index (χ3n) is 5.04. The Morgan fingerprint density at radius 2 is 1.59 bits per heavy atom. The Hall–Kier alpha value is -3.72. The molecule has 3 aromatic carbocycles. The normalized spacial score (nSPS) is 15.5. The molecule has 1 fully saturated rings. The lowest BCUT2D eigenvalue weighted by atomic mass is 10.1. The van der Waals surface area contributed by atoms with Gasteiger partial charge in [-0.05, 0) is 60.7 Å². The average Bonchev–Trinajstić information content (AvgIpc) is 3.18. The number of carbonyl (C=O) groups is 2. The first-order valence-electron chi connectivity index (χ1n) is 9.78. The molecule has 1 aliphatic rings. The Morgan fingerprint density at radius 1 is 1.00 bits per heavy atom. The van der Waals surface area contributed by atoms with Crippen molar-refractivity contribution in [3.8, 4) is 11.5 Å². The molecule has 162 valence electrons. The van der Waals surface area contributed by atoms with Crippen LogP contribution in [0.15, 0.2) is 77.3 Å². The second kappa shape index (κ2) is 9.19. The molecular weight excluding hydrogens is 478 g/mol. The summed E-state index contributed by atoms with van der Waals surface area (Å²) in [6.07, 6.45) is 0.0770. The molecule has 0 bridgehead atoms. The van der Waals surface area contributed by atoms with Gasteiger partial charge < -0.3 is 15.0 Å². The second-order valence-electron chi connectivity index (χ2n) is 7.25. The number of rotatable bonds is 6. The number of hydrogen-bond donors (Lipinski definition) is 1. The highest BCUT2D eigenvalue weighted by Crippen LogP contribution is 2.28. The van der Waals surface area contributed by atoms with Crippen molar-refractivity contribution in [1.82, 2.24) is 0 Å². The molecule has 0 aliphatic carbocycles. The number of nitrogens with zero attached hydrogens (tertiary/aromatic N) is 2. The van der Waals surface area contributed by atoms with Crippen LogP contribution in [0.1, 0.15) is 6.42 Å². The van der Waals surface area contributed by atoms with Crippen molar-refractivity contribution < 1.29 is 19.2 Å². The molecule has 1 heterocycles. The van der Waals surface area contributed by atoms with E-state index in [1.54, 1.807) is 24.3 Å². The summed E-state index contributed by atoms with van der Waals surface area (Å²) in [5.41, 5.74) is 1.08. The second-order valence-corrected chi connectivity index (χ2v) is 8.16. The summed E-state index contributed by atoms with van der Waals surface area (Å²) in [5, 5.41) is 13.6. The van der Waals surface area contributed by atoms with E-state index in [9.17, 15) is 19.7 Å². The van der Waals surface area contributed by atoms with Crippen molar-refractivity contribution in [2.24, 2.45) is 5.92 Å². The molecule has 4 rings (SSSR count). The SMILES string of the molecule is O=C(Nc1ccc(Oc2ccc(Br)cc2)cc1)[C@H]1CC(=O)N(c2ccc([N+](=O)[O-])cc2)C1. The van der Waals surface area contributed by atoms with Crippen molar-refractivity contribution in [3.05, 3.63) is 87.4 Å². The molecule has 2 amide bonds. The number of halogens is 1. The summed E-state index contributed by atoms with van der Waals surface area (Å²) in [6.45, 7) is 0.216. The van der Waals surface area contributed by atoms with Crippen LogP contribution in [0.5, 0.6) is 11.5 Å². The van der Waals surface area contributed by atoms with Crippen LogP contribution in [0.4, 0.5) is 17.1 Å². The van der Waals surface area contributed by atoms with E-state index in [2.05, 4.69) is 21.2 Å². The average molecular weight is 496 g/mol. The van der Waals surface area contributed by atoms with Crippen molar-refractivity contribution in [3.63, 3.8) is 0 Å². The molecule has 3 aromatic rings. The number of anilines is 2. The molecule has 0 saturated carbocycles. The summed E-state index contributed by atoms with van der Waals surface area (Å²) in [6, 6.07) is 20.1. The minimum Gasteiger partial charge on any atom is -0.457 e. The van der Waals surface area contributed by atoms with Crippen LogP contribution in [0.2, 0.25) is 0 Å². The highest BCUT2D eigenvalue weighted by atomic mass is 79.9. The van der Waals surface area contributed by atoms with Gasteiger partial charge in [0, 0.05) is 40.9 Å². The molecule has 0 aromatic heterocycles. The number of benzene rings is 3. The molecule has 0 radical (unpaired) electrons. The number of non-ortho nitro benzene ring substituents is 1. The number of amides is 2. The van der Waals surface area contributed by atoms with Crippen LogP contribution in [0.3, 0.4) is 0 Å². The van der Waals surface area contributed by atoms with Gasteiger partial charge >= 0.3 is 0 Å². The lowest BCUT2D eigenvalue weighted by molar-refractivity contribution is -0.384. The first-order chi connectivity index (χ1) is 15.4. The number of nitrogens with one attached hydrogen (secondary N) is 1. The van der Waals surface area contributed by atoms with Crippen molar-refractivity contribution in [2.45, 2.75) is 6.42 Å². The Labute approximate surface area is 192 Å². The molecular formula is C23H18BrN3O5. The van der Waals surface area contributed by atoms with Crippen molar-refractivity contribution >= 4 is 44.8 Å².